The van der Waals surface area contributed by atoms with Crippen LogP contribution < -0.4 is 0 Å². The fraction of sp³-hybridized carbons (Fsp3) is 1.00. The van der Waals surface area contributed by atoms with Crippen LogP contribution in [0, 0.1) is 47.3 Å². The van der Waals surface area contributed by atoms with Crippen LogP contribution in [0.4, 0.5) is 0 Å². The van der Waals surface area contributed by atoms with Gasteiger partial charge >= 0.3 is 0 Å². The van der Waals surface area contributed by atoms with E-state index in [0.717, 1.165) is 58.4 Å². The van der Waals surface area contributed by atoms with Crippen molar-refractivity contribution < 1.29 is 0 Å². The molecule has 0 aromatic rings. The standard InChI is InChI=1S/C24H44Si/c1-15-17(3)23(21-13-9-7-11-19(15)21)25(5,6)24-18(4)16(2)20-12-8-10-14-22(20)24/h15-24H,7-14H2,1-6H3/t15-,16-,17?,18?,19?,20?,21?,22?,23?,24?/m0/s1. The molecule has 0 nitrogen and oxygen atoms in total. The molecule has 144 valence electrons. The zero-order valence-corrected chi connectivity index (χ0v) is 18.9. The molecule has 4 aliphatic rings. The van der Waals surface area contributed by atoms with Crippen LogP contribution in [-0.4, -0.2) is 8.07 Å². The lowest BCUT2D eigenvalue weighted by Crippen LogP contribution is -2.46. The highest BCUT2D eigenvalue weighted by Crippen LogP contribution is 2.66. The van der Waals surface area contributed by atoms with Gasteiger partial charge < -0.3 is 0 Å². The SMILES string of the molecule is CC1C([Si](C)(C)C2C3CCCCC3[C@@H](C)C2C)C2CCCCC2[C@H]1C. The molecule has 0 amide bonds. The van der Waals surface area contributed by atoms with Gasteiger partial charge in [0.25, 0.3) is 0 Å². The van der Waals surface area contributed by atoms with E-state index in [9.17, 15) is 0 Å². The quantitative estimate of drug-likeness (QED) is 0.444. The average molecular weight is 361 g/mol. The van der Waals surface area contributed by atoms with Crippen molar-refractivity contribution >= 4 is 8.07 Å². The molecule has 8 unspecified atom stereocenters. The van der Waals surface area contributed by atoms with Gasteiger partial charge in [0.2, 0.25) is 0 Å². The van der Waals surface area contributed by atoms with Crippen LogP contribution in [0.5, 0.6) is 0 Å². The van der Waals surface area contributed by atoms with Gasteiger partial charge in [-0.15, -0.1) is 0 Å². The van der Waals surface area contributed by atoms with Gasteiger partial charge in [-0.25, -0.2) is 0 Å². The second kappa shape index (κ2) is 6.68. The van der Waals surface area contributed by atoms with E-state index >= 15 is 0 Å². The third kappa shape index (κ3) is 2.73. The van der Waals surface area contributed by atoms with Crippen molar-refractivity contribution in [1.82, 2.24) is 0 Å². The summed E-state index contributed by atoms with van der Waals surface area (Å²) in [5.74, 6) is 8.36. The molecular formula is C24H44Si. The molecule has 4 saturated carbocycles. The smallest absolute Gasteiger partial charge is 0.0547 e. The van der Waals surface area contributed by atoms with E-state index in [1.807, 2.05) is 0 Å². The molecule has 0 saturated heterocycles. The molecule has 0 bridgehead atoms. The first-order valence-corrected chi connectivity index (χ1v) is 15.0. The summed E-state index contributed by atoms with van der Waals surface area (Å²) in [6, 6.07) is 0. The Morgan fingerprint density at radius 2 is 0.800 bits per heavy atom. The molecule has 4 aliphatic carbocycles. The highest BCUT2D eigenvalue weighted by molar-refractivity contribution is 6.80. The minimum atomic E-state index is -1.26. The molecule has 25 heavy (non-hydrogen) atoms. The van der Waals surface area contributed by atoms with E-state index in [4.69, 9.17) is 0 Å². The summed E-state index contributed by atoms with van der Waals surface area (Å²) in [6.07, 6.45) is 12.4. The lowest BCUT2D eigenvalue weighted by molar-refractivity contribution is 0.227. The third-order valence-corrected chi connectivity index (χ3v) is 15.9. The van der Waals surface area contributed by atoms with Crippen LogP contribution >= 0.6 is 0 Å². The highest BCUT2D eigenvalue weighted by Gasteiger charge is 2.60. The number of hydrogen-bond acceptors (Lipinski definition) is 0. The van der Waals surface area contributed by atoms with Gasteiger partial charge in [-0.2, -0.15) is 0 Å². The van der Waals surface area contributed by atoms with Crippen molar-refractivity contribution in [3.05, 3.63) is 0 Å². The summed E-state index contributed by atoms with van der Waals surface area (Å²) in [6.45, 7) is 16.3. The molecule has 10 atom stereocenters. The van der Waals surface area contributed by atoms with E-state index in [0.29, 0.717) is 0 Å². The fourth-order valence-corrected chi connectivity index (χ4v) is 16.3. The van der Waals surface area contributed by atoms with Crippen LogP contribution in [0.15, 0.2) is 0 Å². The Kier molecular flexibility index (Phi) is 4.96. The van der Waals surface area contributed by atoms with Crippen molar-refractivity contribution in [2.24, 2.45) is 47.3 Å². The Hall–Kier alpha value is 0.217. The zero-order chi connectivity index (χ0) is 17.9. The summed E-state index contributed by atoms with van der Waals surface area (Å²) < 4.78 is 0. The summed E-state index contributed by atoms with van der Waals surface area (Å²) in [5, 5.41) is 0. The molecule has 1 heteroatoms. The van der Waals surface area contributed by atoms with Gasteiger partial charge in [0.15, 0.2) is 0 Å². The van der Waals surface area contributed by atoms with Gasteiger partial charge in [0.05, 0.1) is 8.07 Å². The molecule has 4 fully saturated rings. The van der Waals surface area contributed by atoms with Crippen LogP contribution in [-0.2, 0) is 0 Å². The second-order valence-electron chi connectivity index (χ2n) is 11.5. The molecule has 4 rings (SSSR count). The Morgan fingerprint density at radius 3 is 1.16 bits per heavy atom. The monoisotopic (exact) mass is 360 g/mol. The molecule has 0 aliphatic heterocycles. The molecule has 0 aromatic carbocycles. The first-order valence-electron chi connectivity index (χ1n) is 11.9. The topological polar surface area (TPSA) is 0 Å². The molecule has 0 spiro atoms. The van der Waals surface area contributed by atoms with Gasteiger partial charge in [0, 0.05) is 0 Å². The van der Waals surface area contributed by atoms with E-state index in [1.54, 1.807) is 25.7 Å². The van der Waals surface area contributed by atoms with Crippen LogP contribution in [0.25, 0.3) is 0 Å². The summed E-state index contributed by atoms with van der Waals surface area (Å²) in [4.78, 5) is 0. The second-order valence-corrected chi connectivity index (χ2v) is 16.5. The maximum Gasteiger partial charge on any atom is 0.0547 e. The molecule has 0 N–H and O–H groups in total. The van der Waals surface area contributed by atoms with Gasteiger partial charge in [0.1, 0.15) is 0 Å². The molecular weight excluding hydrogens is 316 g/mol. The van der Waals surface area contributed by atoms with Crippen LogP contribution in [0.1, 0.15) is 79.1 Å². The first kappa shape index (κ1) is 18.6. The zero-order valence-electron chi connectivity index (χ0n) is 17.9. The maximum atomic E-state index is 2.86. The van der Waals surface area contributed by atoms with Crippen molar-refractivity contribution in [3.8, 4) is 0 Å². The Bertz CT molecular complexity index is 440. The molecule has 0 radical (unpaired) electrons. The van der Waals surface area contributed by atoms with Crippen molar-refractivity contribution in [1.29, 1.82) is 0 Å². The predicted molar refractivity (Wildman–Crippen MR) is 113 cm³/mol. The number of rotatable bonds is 2. The third-order valence-electron chi connectivity index (χ3n) is 10.5. The predicted octanol–water partition coefficient (Wildman–Crippen LogP) is 7.62. The maximum absolute atomic E-state index is 2.86. The van der Waals surface area contributed by atoms with Crippen molar-refractivity contribution in [3.63, 3.8) is 0 Å². The van der Waals surface area contributed by atoms with E-state index in [1.165, 1.54) is 25.7 Å². The summed E-state index contributed by atoms with van der Waals surface area (Å²) >= 11 is 0. The average Bonchev–Trinajstić information content (AvgIpc) is 3.01. The Morgan fingerprint density at radius 1 is 0.480 bits per heavy atom. The molecule has 0 heterocycles. The molecule has 0 aromatic heterocycles. The number of hydrogen-bond donors (Lipinski definition) is 0. The van der Waals surface area contributed by atoms with Crippen LogP contribution in [0.2, 0.25) is 24.2 Å². The van der Waals surface area contributed by atoms with Crippen molar-refractivity contribution in [2.45, 2.75) is 103 Å². The minimum Gasteiger partial charge on any atom is -0.0689 e. The largest absolute Gasteiger partial charge is 0.0689 e. The minimum absolute atomic E-state index is 0.998. The Labute approximate surface area is 158 Å². The normalized spacial score (nSPS) is 53.5. The first-order chi connectivity index (χ1) is 11.9. The van der Waals surface area contributed by atoms with Gasteiger partial charge in [-0.1, -0.05) is 79.3 Å². The fourth-order valence-electron chi connectivity index (χ4n) is 9.47. The lowest BCUT2D eigenvalue weighted by Gasteiger charge is -2.47. The summed E-state index contributed by atoms with van der Waals surface area (Å²) in [5.41, 5.74) is 2.24. The van der Waals surface area contributed by atoms with Gasteiger partial charge in [-0.05, 0) is 71.3 Å². The van der Waals surface area contributed by atoms with Gasteiger partial charge in [-0.3, -0.25) is 0 Å². The summed E-state index contributed by atoms with van der Waals surface area (Å²) in [7, 11) is -1.26. The number of fused-ring (bicyclic) bond motifs is 2. The van der Waals surface area contributed by atoms with Crippen LogP contribution in [0.3, 0.4) is 0 Å². The van der Waals surface area contributed by atoms with E-state index < -0.39 is 8.07 Å². The van der Waals surface area contributed by atoms with Crippen molar-refractivity contribution in [2.75, 3.05) is 0 Å². The van der Waals surface area contributed by atoms with E-state index in [-0.39, 0.29) is 0 Å². The highest BCUT2D eigenvalue weighted by atomic mass is 28.3. The lowest BCUT2D eigenvalue weighted by atomic mass is 9.78. The Balaban J connectivity index is 1.66. The van der Waals surface area contributed by atoms with E-state index in [2.05, 4.69) is 40.8 Å².